The summed E-state index contributed by atoms with van der Waals surface area (Å²) in [6.07, 6.45) is 1.48. The van der Waals surface area contributed by atoms with Crippen molar-refractivity contribution in [2.24, 2.45) is 5.10 Å². The summed E-state index contributed by atoms with van der Waals surface area (Å²) in [6, 6.07) is 15.0. The van der Waals surface area contributed by atoms with Gasteiger partial charge in [-0.2, -0.15) is 5.10 Å². The van der Waals surface area contributed by atoms with Crippen molar-refractivity contribution in [3.8, 4) is 11.5 Å². The van der Waals surface area contributed by atoms with Crippen LogP contribution in [0.2, 0.25) is 0 Å². The second-order valence-electron chi connectivity index (χ2n) is 5.95. The van der Waals surface area contributed by atoms with Crippen molar-refractivity contribution in [1.82, 2.24) is 5.43 Å². The zero-order valence-corrected chi connectivity index (χ0v) is 17.4. The normalized spacial score (nSPS) is 10.7. The molecule has 2 aromatic carbocycles. The van der Waals surface area contributed by atoms with Gasteiger partial charge >= 0.3 is 5.97 Å². The molecular formula is C21H17BrN2O6. The van der Waals surface area contributed by atoms with E-state index in [-0.39, 0.29) is 18.3 Å². The number of benzene rings is 2. The zero-order valence-electron chi connectivity index (χ0n) is 15.8. The summed E-state index contributed by atoms with van der Waals surface area (Å²) < 4.78 is 16.8. The first-order valence-corrected chi connectivity index (χ1v) is 9.48. The topological polar surface area (TPSA) is 110 Å². The number of hydrogen-bond donors (Lipinski definition) is 2. The van der Waals surface area contributed by atoms with Crippen LogP contribution in [0.5, 0.6) is 11.5 Å². The molecule has 0 bridgehead atoms. The molecule has 2 N–H and O–H groups in total. The number of carboxylic acid groups (broad SMARTS) is 1. The molecule has 3 aromatic rings. The van der Waals surface area contributed by atoms with Gasteiger partial charge < -0.3 is 19.0 Å². The number of rotatable bonds is 8. The Morgan fingerprint density at radius 1 is 1.17 bits per heavy atom. The van der Waals surface area contributed by atoms with Gasteiger partial charge in [0.25, 0.3) is 5.91 Å². The fraction of sp³-hybridized carbons (Fsp3) is 0.0952. The number of furan rings is 1. The van der Waals surface area contributed by atoms with E-state index < -0.39 is 5.97 Å². The van der Waals surface area contributed by atoms with E-state index in [2.05, 4.69) is 26.5 Å². The lowest BCUT2D eigenvalue weighted by Crippen LogP contribution is -2.18. The summed E-state index contributed by atoms with van der Waals surface area (Å²) >= 11 is 3.32. The van der Waals surface area contributed by atoms with Crippen LogP contribution in [0.4, 0.5) is 0 Å². The number of nitrogens with one attached hydrogen (secondary N) is 1. The van der Waals surface area contributed by atoms with Crippen LogP contribution in [0, 0.1) is 0 Å². The van der Waals surface area contributed by atoms with Gasteiger partial charge in [0.15, 0.2) is 11.5 Å². The Hall–Kier alpha value is -3.59. The lowest BCUT2D eigenvalue weighted by atomic mass is 10.2. The van der Waals surface area contributed by atoms with E-state index in [1.807, 2.05) is 6.07 Å². The van der Waals surface area contributed by atoms with Gasteiger partial charge in [-0.3, -0.25) is 4.79 Å². The molecular weight excluding hydrogens is 456 g/mol. The van der Waals surface area contributed by atoms with Crippen molar-refractivity contribution in [3.05, 3.63) is 81.7 Å². The fourth-order valence-electron chi connectivity index (χ4n) is 2.47. The zero-order chi connectivity index (χ0) is 21.5. The summed E-state index contributed by atoms with van der Waals surface area (Å²) in [5.41, 5.74) is 3.62. The molecule has 3 rings (SSSR count). The number of ether oxygens (including phenoxy) is 2. The van der Waals surface area contributed by atoms with Crippen LogP contribution >= 0.6 is 15.9 Å². The van der Waals surface area contributed by atoms with E-state index >= 15 is 0 Å². The Kier molecular flexibility index (Phi) is 6.87. The number of carbonyl (C=O) groups excluding carboxylic acids is 1. The second kappa shape index (κ2) is 9.75. The van der Waals surface area contributed by atoms with E-state index in [0.29, 0.717) is 32.9 Å². The molecule has 0 atom stereocenters. The molecule has 0 unspecified atom stereocenters. The molecule has 154 valence electrons. The van der Waals surface area contributed by atoms with E-state index in [1.54, 1.807) is 36.4 Å². The van der Waals surface area contributed by atoms with E-state index in [0.717, 1.165) is 0 Å². The number of hydrazone groups is 1. The maximum Gasteiger partial charge on any atom is 0.371 e. The SMILES string of the molecule is COc1cc(/C=N\NC(=O)c2ccccc2Br)ccc1OCc1ccc(C(=O)O)o1. The van der Waals surface area contributed by atoms with Crippen LogP contribution in [-0.4, -0.2) is 30.3 Å². The quantitative estimate of drug-likeness (QED) is 0.377. The predicted molar refractivity (Wildman–Crippen MR) is 112 cm³/mol. The minimum Gasteiger partial charge on any atom is -0.493 e. The minimum atomic E-state index is -1.14. The summed E-state index contributed by atoms with van der Waals surface area (Å²) in [5.74, 6) is -0.383. The average molecular weight is 473 g/mol. The average Bonchev–Trinajstić information content (AvgIpc) is 3.22. The highest BCUT2D eigenvalue weighted by Gasteiger charge is 2.11. The monoisotopic (exact) mass is 472 g/mol. The van der Waals surface area contributed by atoms with Gasteiger partial charge in [0.2, 0.25) is 5.76 Å². The number of carboxylic acids is 1. The van der Waals surface area contributed by atoms with Gasteiger partial charge in [-0.05, 0) is 64.0 Å². The Bertz CT molecular complexity index is 1090. The Labute approximate surface area is 180 Å². The van der Waals surface area contributed by atoms with Crippen LogP contribution in [0.15, 0.2) is 68.6 Å². The van der Waals surface area contributed by atoms with Gasteiger partial charge in [0.1, 0.15) is 12.4 Å². The largest absolute Gasteiger partial charge is 0.493 e. The van der Waals surface area contributed by atoms with E-state index in [4.69, 9.17) is 19.0 Å². The van der Waals surface area contributed by atoms with E-state index in [9.17, 15) is 9.59 Å². The highest BCUT2D eigenvalue weighted by molar-refractivity contribution is 9.10. The van der Waals surface area contributed by atoms with Crippen LogP contribution in [0.1, 0.15) is 32.2 Å². The number of aromatic carboxylic acids is 1. The molecule has 0 saturated carbocycles. The van der Waals surface area contributed by atoms with Gasteiger partial charge in [0.05, 0.1) is 18.9 Å². The van der Waals surface area contributed by atoms with Gasteiger partial charge in [0, 0.05) is 4.47 Å². The van der Waals surface area contributed by atoms with Crippen molar-refractivity contribution in [2.45, 2.75) is 6.61 Å². The Morgan fingerprint density at radius 2 is 1.97 bits per heavy atom. The summed E-state index contributed by atoms with van der Waals surface area (Å²) in [7, 11) is 1.49. The molecule has 0 aliphatic carbocycles. The van der Waals surface area contributed by atoms with Gasteiger partial charge in [-0.25, -0.2) is 10.2 Å². The number of carbonyl (C=O) groups is 2. The first-order chi connectivity index (χ1) is 14.5. The lowest BCUT2D eigenvalue weighted by molar-refractivity contribution is 0.0657. The molecule has 0 fully saturated rings. The smallest absolute Gasteiger partial charge is 0.371 e. The molecule has 8 nitrogen and oxygen atoms in total. The van der Waals surface area contributed by atoms with Crippen LogP contribution in [0.3, 0.4) is 0 Å². The highest BCUT2D eigenvalue weighted by Crippen LogP contribution is 2.28. The number of hydrogen-bond acceptors (Lipinski definition) is 6. The molecule has 1 aromatic heterocycles. The molecule has 1 amide bonds. The van der Waals surface area contributed by atoms with Crippen molar-refractivity contribution in [3.63, 3.8) is 0 Å². The van der Waals surface area contributed by atoms with Crippen molar-refractivity contribution < 1.29 is 28.6 Å². The maximum absolute atomic E-state index is 12.2. The van der Waals surface area contributed by atoms with Crippen LogP contribution in [-0.2, 0) is 6.61 Å². The molecule has 0 radical (unpaired) electrons. The van der Waals surface area contributed by atoms with Gasteiger partial charge in [-0.1, -0.05) is 12.1 Å². The molecule has 1 heterocycles. The summed E-state index contributed by atoms with van der Waals surface area (Å²) in [6.45, 7) is 0.0408. The summed E-state index contributed by atoms with van der Waals surface area (Å²) in [4.78, 5) is 23.0. The second-order valence-corrected chi connectivity index (χ2v) is 6.80. The first kappa shape index (κ1) is 21.1. The third-order valence-electron chi connectivity index (χ3n) is 3.93. The van der Waals surface area contributed by atoms with Crippen molar-refractivity contribution in [2.75, 3.05) is 7.11 Å². The first-order valence-electron chi connectivity index (χ1n) is 8.68. The third-order valence-corrected chi connectivity index (χ3v) is 4.62. The highest BCUT2D eigenvalue weighted by atomic mass is 79.9. The standard InChI is InChI=1S/C21H17BrN2O6/c1-28-19-10-13(11-23-24-20(25)15-4-2-3-5-16(15)22)6-8-17(19)29-12-14-7-9-18(30-14)21(26)27/h2-11H,12H2,1H3,(H,24,25)(H,26,27)/b23-11-. The molecule has 0 spiro atoms. The molecule has 0 aliphatic heterocycles. The Morgan fingerprint density at radius 3 is 2.67 bits per heavy atom. The maximum atomic E-state index is 12.2. The lowest BCUT2D eigenvalue weighted by Gasteiger charge is -2.10. The minimum absolute atomic E-state index is 0.0408. The molecule has 30 heavy (non-hydrogen) atoms. The molecule has 9 heteroatoms. The van der Waals surface area contributed by atoms with Crippen LogP contribution in [0.25, 0.3) is 0 Å². The Balaban J connectivity index is 1.63. The van der Waals surface area contributed by atoms with Crippen LogP contribution < -0.4 is 14.9 Å². The number of amides is 1. The van der Waals surface area contributed by atoms with Crippen molar-refractivity contribution in [1.29, 1.82) is 0 Å². The number of methoxy groups -OCH3 is 1. The molecule has 0 aliphatic rings. The van der Waals surface area contributed by atoms with Crippen molar-refractivity contribution >= 4 is 34.0 Å². The number of halogens is 1. The van der Waals surface area contributed by atoms with Gasteiger partial charge in [-0.15, -0.1) is 0 Å². The number of nitrogens with zero attached hydrogens (tertiary/aromatic N) is 1. The third kappa shape index (κ3) is 5.26. The van der Waals surface area contributed by atoms with E-state index in [1.165, 1.54) is 25.5 Å². The fourth-order valence-corrected chi connectivity index (χ4v) is 2.94. The predicted octanol–water partition coefficient (Wildman–Crippen LogP) is 4.09. The summed E-state index contributed by atoms with van der Waals surface area (Å²) in [5, 5.41) is 12.8. The molecule has 0 saturated heterocycles.